The Hall–Kier alpha value is -2.34. The van der Waals surface area contributed by atoms with Gasteiger partial charge in [-0.05, 0) is 29.0 Å². The molecule has 0 saturated carbocycles. The van der Waals surface area contributed by atoms with Crippen LogP contribution in [0.25, 0.3) is 21.0 Å². The quantitative estimate of drug-likeness (QED) is 0.478. The summed E-state index contributed by atoms with van der Waals surface area (Å²) < 4.78 is 41.2. The molecule has 122 valence electrons. The summed E-state index contributed by atoms with van der Waals surface area (Å²) in [6.07, 6.45) is 0.514. The zero-order chi connectivity index (χ0) is 16.7. The summed E-state index contributed by atoms with van der Waals surface area (Å²) in [6, 6.07) is 11.9. The topological polar surface area (TPSA) is 17.8 Å². The van der Waals surface area contributed by atoms with Crippen molar-refractivity contribution in [1.82, 2.24) is 9.55 Å². The molecule has 2 nitrogen and oxygen atoms in total. The number of hydrogen-bond acceptors (Lipinski definition) is 2. The smallest absolute Gasteiger partial charge is 0.353 e. The molecule has 0 fully saturated rings. The van der Waals surface area contributed by atoms with E-state index in [-0.39, 0.29) is 0 Å². The highest BCUT2D eigenvalue weighted by atomic mass is 32.1. The van der Waals surface area contributed by atoms with Gasteiger partial charge in [-0.2, -0.15) is 13.2 Å². The van der Waals surface area contributed by atoms with Gasteiger partial charge in [-0.1, -0.05) is 24.3 Å². The normalized spacial score (nSPS) is 12.3. The molecular weight excluding hydrogens is 333 g/mol. The van der Waals surface area contributed by atoms with Crippen LogP contribution in [0.1, 0.15) is 10.6 Å². The van der Waals surface area contributed by atoms with Crippen LogP contribution >= 0.6 is 11.3 Å². The van der Waals surface area contributed by atoms with Gasteiger partial charge < -0.3 is 4.57 Å². The molecule has 2 aromatic heterocycles. The summed E-state index contributed by atoms with van der Waals surface area (Å²) in [5.41, 5.74) is -0.231. The Morgan fingerprint density at radius 3 is 2.38 bits per heavy atom. The van der Waals surface area contributed by atoms with E-state index in [9.17, 15) is 13.2 Å². The number of alkyl halides is 3. The van der Waals surface area contributed by atoms with E-state index in [2.05, 4.69) is 34.1 Å². The maximum absolute atomic E-state index is 12.8. The monoisotopic (exact) mass is 346 g/mol. The maximum Gasteiger partial charge on any atom is 0.416 e. The second kappa shape index (κ2) is 5.63. The summed E-state index contributed by atoms with van der Waals surface area (Å²) in [6.45, 7) is 0.751. The standard InChI is InChI=1S/C18H13F3N2S/c19-18(20,21)14-5-6-16-15(9-14)22-17(24-16)7-8-23-10-12-3-1-2-4-13(12)11-23/h1-6,9-11H,7-8H2. The van der Waals surface area contributed by atoms with Crippen molar-refractivity contribution in [2.24, 2.45) is 0 Å². The summed E-state index contributed by atoms with van der Waals surface area (Å²) in [5, 5.41) is 3.20. The summed E-state index contributed by atoms with van der Waals surface area (Å²) in [5.74, 6) is 0. The molecular formula is C18H13F3N2S. The molecule has 0 aliphatic heterocycles. The molecule has 0 N–H and O–H groups in total. The fraction of sp³-hybridized carbons (Fsp3) is 0.167. The minimum Gasteiger partial charge on any atom is -0.353 e. The van der Waals surface area contributed by atoms with Gasteiger partial charge in [0.15, 0.2) is 0 Å². The number of thiazole rings is 1. The zero-order valence-electron chi connectivity index (χ0n) is 12.5. The molecule has 0 atom stereocenters. The molecule has 4 rings (SSSR count). The fourth-order valence-electron chi connectivity index (χ4n) is 2.75. The van der Waals surface area contributed by atoms with Crippen molar-refractivity contribution < 1.29 is 13.2 Å². The Kier molecular flexibility index (Phi) is 3.57. The van der Waals surface area contributed by atoms with Crippen LogP contribution in [0.4, 0.5) is 13.2 Å². The highest BCUT2D eigenvalue weighted by molar-refractivity contribution is 7.18. The number of fused-ring (bicyclic) bond motifs is 2. The molecule has 0 amide bonds. The van der Waals surface area contributed by atoms with Crippen molar-refractivity contribution >= 4 is 32.3 Å². The maximum atomic E-state index is 12.8. The lowest BCUT2D eigenvalue weighted by molar-refractivity contribution is -0.137. The van der Waals surface area contributed by atoms with Gasteiger partial charge in [-0.3, -0.25) is 0 Å². The van der Waals surface area contributed by atoms with Crippen LogP contribution in [-0.4, -0.2) is 9.55 Å². The summed E-state index contributed by atoms with van der Waals surface area (Å²) in [4.78, 5) is 4.36. The fourth-order valence-corrected chi connectivity index (χ4v) is 3.69. The Bertz CT molecular complexity index is 981. The molecule has 0 radical (unpaired) electrons. The first-order chi connectivity index (χ1) is 11.5. The molecule has 24 heavy (non-hydrogen) atoms. The van der Waals surface area contributed by atoms with Gasteiger partial charge in [0.1, 0.15) is 0 Å². The number of benzene rings is 2. The Morgan fingerprint density at radius 1 is 1.00 bits per heavy atom. The van der Waals surface area contributed by atoms with E-state index in [1.165, 1.54) is 28.2 Å². The van der Waals surface area contributed by atoms with E-state index in [0.29, 0.717) is 11.9 Å². The van der Waals surface area contributed by atoms with Crippen molar-refractivity contribution in [3.63, 3.8) is 0 Å². The van der Waals surface area contributed by atoms with Gasteiger partial charge in [-0.25, -0.2) is 4.98 Å². The first-order valence-corrected chi connectivity index (χ1v) is 8.32. The molecule has 0 aliphatic rings. The molecule has 0 bridgehead atoms. The van der Waals surface area contributed by atoms with Crippen LogP contribution in [0.2, 0.25) is 0 Å². The SMILES string of the molecule is FC(F)(F)c1ccc2sc(CCn3cc4ccccc4c3)nc2c1. The van der Waals surface area contributed by atoms with Crippen LogP contribution in [0, 0.1) is 0 Å². The van der Waals surface area contributed by atoms with E-state index in [1.54, 1.807) is 0 Å². The molecule has 2 aromatic carbocycles. The van der Waals surface area contributed by atoms with Crippen molar-refractivity contribution in [2.75, 3.05) is 0 Å². The minimum atomic E-state index is -4.33. The third-order valence-electron chi connectivity index (χ3n) is 3.95. The van der Waals surface area contributed by atoms with Crippen LogP contribution in [0.15, 0.2) is 54.9 Å². The number of hydrogen-bond donors (Lipinski definition) is 0. The minimum absolute atomic E-state index is 0.419. The van der Waals surface area contributed by atoms with Crippen molar-refractivity contribution in [3.8, 4) is 0 Å². The second-order valence-corrected chi connectivity index (χ2v) is 6.78. The number of aryl methyl sites for hydroxylation is 2. The van der Waals surface area contributed by atoms with Gasteiger partial charge in [0, 0.05) is 25.4 Å². The lowest BCUT2D eigenvalue weighted by Gasteiger charge is -2.04. The van der Waals surface area contributed by atoms with E-state index in [4.69, 9.17) is 0 Å². The number of rotatable bonds is 3. The van der Waals surface area contributed by atoms with Crippen molar-refractivity contribution in [1.29, 1.82) is 0 Å². The van der Waals surface area contributed by atoms with E-state index >= 15 is 0 Å². The second-order valence-electron chi connectivity index (χ2n) is 5.66. The van der Waals surface area contributed by atoms with Crippen LogP contribution in [0.5, 0.6) is 0 Å². The van der Waals surface area contributed by atoms with Gasteiger partial charge in [0.2, 0.25) is 0 Å². The van der Waals surface area contributed by atoms with Crippen LogP contribution in [0.3, 0.4) is 0 Å². The number of aromatic nitrogens is 2. The zero-order valence-corrected chi connectivity index (χ0v) is 13.4. The summed E-state index contributed by atoms with van der Waals surface area (Å²) >= 11 is 1.45. The first kappa shape index (κ1) is 15.2. The molecule has 0 spiro atoms. The highest BCUT2D eigenvalue weighted by Crippen LogP contribution is 2.33. The Morgan fingerprint density at radius 2 is 1.71 bits per heavy atom. The average Bonchev–Trinajstić information content (AvgIpc) is 3.14. The highest BCUT2D eigenvalue weighted by Gasteiger charge is 2.30. The molecule has 0 unspecified atom stereocenters. The van der Waals surface area contributed by atoms with Crippen molar-refractivity contribution in [2.45, 2.75) is 19.1 Å². The first-order valence-electron chi connectivity index (χ1n) is 7.50. The van der Waals surface area contributed by atoms with E-state index in [1.807, 2.05) is 12.1 Å². The van der Waals surface area contributed by atoms with Gasteiger partial charge in [0.05, 0.1) is 20.8 Å². The lowest BCUT2D eigenvalue weighted by Crippen LogP contribution is -2.04. The Labute approximate surface area is 140 Å². The summed E-state index contributed by atoms with van der Waals surface area (Å²) in [7, 11) is 0. The van der Waals surface area contributed by atoms with E-state index < -0.39 is 11.7 Å². The third kappa shape index (κ3) is 2.89. The average molecular weight is 346 g/mol. The number of nitrogens with zero attached hydrogens (tertiary/aromatic N) is 2. The van der Waals surface area contributed by atoms with Crippen LogP contribution in [-0.2, 0) is 19.1 Å². The van der Waals surface area contributed by atoms with E-state index in [0.717, 1.165) is 28.4 Å². The molecule has 0 saturated heterocycles. The predicted molar refractivity (Wildman–Crippen MR) is 90.3 cm³/mol. The van der Waals surface area contributed by atoms with Crippen molar-refractivity contribution in [3.05, 3.63) is 65.4 Å². The molecule has 6 heteroatoms. The van der Waals surface area contributed by atoms with Gasteiger partial charge in [-0.15, -0.1) is 11.3 Å². The number of halogens is 3. The van der Waals surface area contributed by atoms with Crippen LogP contribution < -0.4 is 0 Å². The van der Waals surface area contributed by atoms with Gasteiger partial charge in [0.25, 0.3) is 0 Å². The molecule has 4 aromatic rings. The third-order valence-corrected chi connectivity index (χ3v) is 5.05. The largest absolute Gasteiger partial charge is 0.416 e. The molecule has 0 aliphatic carbocycles. The Balaban J connectivity index is 1.56. The lowest BCUT2D eigenvalue weighted by atomic mass is 10.2. The van der Waals surface area contributed by atoms with Gasteiger partial charge >= 0.3 is 6.18 Å². The predicted octanol–water partition coefficient (Wildman–Crippen LogP) is 5.51. The molecule has 2 heterocycles.